The van der Waals surface area contributed by atoms with Crippen molar-refractivity contribution in [3.63, 3.8) is 0 Å². The van der Waals surface area contributed by atoms with E-state index >= 15 is 0 Å². The van der Waals surface area contributed by atoms with Crippen LogP contribution in [0.4, 0.5) is 4.39 Å². The van der Waals surface area contributed by atoms with Crippen molar-refractivity contribution in [2.75, 3.05) is 0 Å². The number of nitrogens with one attached hydrogen (secondary N) is 2. The molecule has 0 aliphatic carbocycles. The summed E-state index contributed by atoms with van der Waals surface area (Å²) < 4.78 is 13.8. The third kappa shape index (κ3) is 3.09. The molecule has 4 rings (SSSR count). The van der Waals surface area contributed by atoms with Gasteiger partial charge in [0.25, 0.3) is 5.91 Å². The second kappa shape index (κ2) is 6.90. The first kappa shape index (κ1) is 16.8. The molecule has 1 aromatic carbocycles. The number of thiophene rings is 1. The van der Waals surface area contributed by atoms with Gasteiger partial charge in [-0.05, 0) is 36.4 Å². The van der Waals surface area contributed by atoms with Gasteiger partial charge in [-0.15, -0.1) is 11.3 Å². The van der Waals surface area contributed by atoms with Gasteiger partial charge < -0.3 is 10.3 Å². The van der Waals surface area contributed by atoms with Crippen molar-refractivity contribution < 1.29 is 9.18 Å². The first-order valence-electron chi connectivity index (χ1n) is 7.87. The number of hydrogen-bond donors (Lipinski definition) is 2. The molecule has 0 aliphatic rings. The molecule has 130 valence electrons. The van der Waals surface area contributed by atoms with Crippen LogP contribution in [0.1, 0.15) is 15.2 Å². The van der Waals surface area contributed by atoms with Crippen molar-refractivity contribution in [1.82, 2.24) is 15.3 Å². The van der Waals surface area contributed by atoms with Crippen LogP contribution in [0.3, 0.4) is 0 Å². The van der Waals surface area contributed by atoms with E-state index in [0.29, 0.717) is 9.90 Å². The Morgan fingerprint density at radius 1 is 1.23 bits per heavy atom. The number of amides is 1. The summed E-state index contributed by atoms with van der Waals surface area (Å²) in [5.41, 5.74) is 2.08. The number of benzene rings is 1. The van der Waals surface area contributed by atoms with Gasteiger partial charge in [-0.1, -0.05) is 17.7 Å². The Morgan fingerprint density at radius 2 is 2.12 bits per heavy atom. The number of carbonyl (C=O) groups excluding carboxylic acids is 1. The van der Waals surface area contributed by atoms with E-state index in [9.17, 15) is 9.18 Å². The van der Waals surface area contributed by atoms with Gasteiger partial charge in [0.2, 0.25) is 0 Å². The van der Waals surface area contributed by atoms with Gasteiger partial charge in [0.05, 0.1) is 4.88 Å². The van der Waals surface area contributed by atoms with Gasteiger partial charge in [0.1, 0.15) is 11.5 Å². The van der Waals surface area contributed by atoms with Crippen LogP contribution < -0.4 is 5.32 Å². The van der Waals surface area contributed by atoms with E-state index in [4.69, 9.17) is 11.6 Å². The quantitative estimate of drug-likeness (QED) is 0.518. The first-order valence-corrected chi connectivity index (χ1v) is 9.06. The molecule has 4 nitrogen and oxygen atoms in total. The summed E-state index contributed by atoms with van der Waals surface area (Å²) >= 11 is 7.36. The second-order valence-electron chi connectivity index (χ2n) is 5.65. The Labute approximate surface area is 157 Å². The zero-order valence-electron chi connectivity index (χ0n) is 13.4. The van der Waals surface area contributed by atoms with E-state index in [-0.39, 0.29) is 18.0 Å². The van der Waals surface area contributed by atoms with E-state index in [1.54, 1.807) is 18.3 Å². The number of nitrogens with zero attached hydrogens (tertiary/aromatic N) is 1. The fourth-order valence-corrected chi connectivity index (χ4v) is 3.90. The summed E-state index contributed by atoms with van der Waals surface area (Å²) in [6, 6.07) is 12.0. The number of carbonyl (C=O) groups is 1. The molecule has 0 saturated heterocycles. The van der Waals surface area contributed by atoms with Crippen LogP contribution >= 0.6 is 22.9 Å². The van der Waals surface area contributed by atoms with Gasteiger partial charge in [-0.2, -0.15) is 0 Å². The van der Waals surface area contributed by atoms with Crippen LogP contribution in [0.15, 0.2) is 54.9 Å². The lowest BCUT2D eigenvalue weighted by molar-refractivity contribution is 0.0954. The third-order valence-electron chi connectivity index (χ3n) is 4.03. The minimum atomic E-state index is -0.434. The molecule has 7 heteroatoms. The van der Waals surface area contributed by atoms with E-state index in [1.165, 1.54) is 23.5 Å². The van der Waals surface area contributed by atoms with Crippen LogP contribution in [0.25, 0.3) is 21.5 Å². The third-order valence-corrected chi connectivity index (χ3v) is 5.51. The highest BCUT2D eigenvalue weighted by atomic mass is 35.5. The molecular formula is C19H13ClFN3OS. The summed E-state index contributed by atoms with van der Waals surface area (Å²) in [6.45, 7) is 0.0363. The van der Waals surface area contributed by atoms with E-state index in [2.05, 4.69) is 15.3 Å². The maximum atomic E-state index is 13.8. The molecule has 0 bridgehead atoms. The number of H-pyrrole nitrogens is 1. The highest BCUT2D eigenvalue weighted by Gasteiger charge is 2.14. The lowest BCUT2D eigenvalue weighted by Crippen LogP contribution is -2.22. The second-order valence-corrected chi connectivity index (χ2v) is 7.14. The molecule has 26 heavy (non-hydrogen) atoms. The topological polar surface area (TPSA) is 57.8 Å². The molecule has 4 aromatic rings. The number of aromatic amines is 1. The highest BCUT2D eigenvalue weighted by molar-refractivity contribution is 7.17. The molecule has 0 unspecified atom stereocenters. The molecule has 0 radical (unpaired) electrons. The van der Waals surface area contributed by atoms with Crippen molar-refractivity contribution in [3.8, 4) is 10.4 Å². The molecule has 3 aromatic heterocycles. The molecule has 0 atom stereocenters. The summed E-state index contributed by atoms with van der Waals surface area (Å²) in [4.78, 5) is 21.3. The van der Waals surface area contributed by atoms with Crippen molar-refractivity contribution in [2.45, 2.75) is 6.54 Å². The molecule has 1 amide bonds. The summed E-state index contributed by atoms with van der Waals surface area (Å²) in [7, 11) is 0. The van der Waals surface area contributed by atoms with Crippen LogP contribution in [-0.2, 0) is 6.54 Å². The Hall–Kier alpha value is -2.70. The van der Waals surface area contributed by atoms with Crippen molar-refractivity contribution in [3.05, 3.63) is 76.1 Å². The fraction of sp³-hybridized carbons (Fsp3) is 0.0526. The predicted octanol–water partition coefficient (Wildman–Crippen LogP) is 5.01. The fourth-order valence-electron chi connectivity index (χ4n) is 2.72. The number of aromatic nitrogens is 2. The minimum absolute atomic E-state index is 0.0363. The molecule has 2 N–H and O–H groups in total. The molecule has 0 aliphatic heterocycles. The van der Waals surface area contributed by atoms with Crippen LogP contribution in [0.2, 0.25) is 5.02 Å². The zero-order chi connectivity index (χ0) is 18.1. The average Bonchev–Trinajstić information content (AvgIpc) is 3.28. The Bertz CT molecular complexity index is 1080. The number of rotatable bonds is 4. The monoisotopic (exact) mass is 385 g/mol. The molecular weight excluding hydrogens is 373 g/mol. The van der Waals surface area contributed by atoms with Crippen LogP contribution in [-0.4, -0.2) is 15.9 Å². The van der Waals surface area contributed by atoms with Gasteiger partial charge in [0.15, 0.2) is 0 Å². The lowest BCUT2D eigenvalue weighted by atomic mass is 10.2. The number of fused-ring (bicyclic) bond motifs is 1. The van der Waals surface area contributed by atoms with E-state index < -0.39 is 5.82 Å². The maximum Gasteiger partial charge on any atom is 0.261 e. The Balaban J connectivity index is 1.53. The minimum Gasteiger partial charge on any atom is -0.347 e. The lowest BCUT2D eigenvalue weighted by Gasteiger charge is -2.07. The van der Waals surface area contributed by atoms with Gasteiger partial charge in [0, 0.05) is 45.4 Å². The SMILES string of the molecule is O=C(NCc1c(F)cccc1Cl)c1ccc(-c2c[nH]c3ncccc23)s1. The van der Waals surface area contributed by atoms with Gasteiger partial charge >= 0.3 is 0 Å². The summed E-state index contributed by atoms with van der Waals surface area (Å²) in [6.07, 6.45) is 3.61. The molecule has 0 saturated carbocycles. The zero-order valence-corrected chi connectivity index (χ0v) is 15.0. The van der Waals surface area contributed by atoms with Crippen molar-refractivity contribution >= 4 is 39.9 Å². The van der Waals surface area contributed by atoms with E-state index in [0.717, 1.165) is 21.5 Å². The summed E-state index contributed by atoms with van der Waals surface area (Å²) in [5.74, 6) is -0.700. The van der Waals surface area contributed by atoms with E-state index in [1.807, 2.05) is 24.4 Å². The first-order chi connectivity index (χ1) is 12.6. The highest BCUT2D eigenvalue weighted by Crippen LogP contribution is 2.33. The summed E-state index contributed by atoms with van der Waals surface area (Å²) in [5, 5.41) is 4.01. The predicted molar refractivity (Wildman–Crippen MR) is 102 cm³/mol. The number of hydrogen-bond acceptors (Lipinski definition) is 3. The van der Waals surface area contributed by atoms with Gasteiger partial charge in [-0.25, -0.2) is 9.37 Å². The number of halogens is 2. The normalized spacial score (nSPS) is 11.0. The number of pyridine rings is 1. The van der Waals surface area contributed by atoms with Gasteiger partial charge in [-0.3, -0.25) is 4.79 Å². The Kier molecular flexibility index (Phi) is 4.44. The standard InChI is InChI=1S/C19H13ClFN3OS/c20-14-4-1-5-15(21)13(14)10-24-19(25)17-7-6-16(26-17)12-9-23-18-11(12)3-2-8-22-18/h1-9H,10H2,(H,22,23)(H,24,25). The Morgan fingerprint density at radius 3 is 2.96 bits per heavy atom. The molecule has 3 heterocycles. The smallest absolute Gasteiger partial charge is 0.261 e. The van der Waals surface area contributed by atoms with Crippen molar-refractivity contribution in [1.29, 1.82) is 0 Å². The maximum absolute atomic E-state index is 13.8. The van der Waals surface area contributed by atoms with Crippen LogP contribution in [0.5, 0.6) is 0 Å². The average molecular weight is 386 g/mol. The van der Waals surface area contributed by atoms with Crippen molar-refractivity contribution in [2.24, 2.45) is 0 Å². The largest absolute Gasteiger partial charge is 0.347 e. The molecule has 0 fully saturated rings. The molecule has 0 spiro atoms. The van der Waals surface area contributed by atoms with Crippen LogP contribution in [0, 0.1) is 5.82 Å².